The molecule has 2 heteroatoms. The van der Waals surface area contributed by atoms with Crippen molar-refractivity contribution in [3.63, 3.8) is 0 Å². The van der Waals surface area contributed by atoms with E-state index in [-0.39, 0.29) is 5.82 Å². The molecule has 0 spiro atoms. The minimum atomic E-state index is -0.162. The summed E-state index contributed by atoms with van der Waals surface area (Å²) in [6.07, 6.45) is 0.864. The van der Waals surface area contributed by atoms with Crippen molar-refractivity contribution in [3.05, 3.63) is 71.5 Å². The molecule has 0 fully saturated rings. The van der Waals surface area contributed by atoms with Crippen molar-refractivity contribution in [1.82, 2.24) is 0 Å². The summed E-state index contributed by atoms with van der Waals surface area (Å²) >= 11 is 3.73. The molecule has 2 unspecified atom stereocenters. The van der Waals surface area contributed by atoms with Crippen LogP contribution >= 0.6 is 15.9 Å². The van der Waals surface area contributed by atoms with Gasteiger partial charge in [-0.05, 0) is 35.6 Å². The highest BCUT2D eigenvalue weighted by Gasteiger charge is 2.16. The Morgan fingerprint density at radius 2 is 1.78 bits per heavy atom. The van der Waals surface area contributed by atoms with Gasteiger partial charge in [-0.15, -0.1) is 0 Å². The van der Waals surface area contributed by atoms with E-state index in [0.29, 0.717) is 10.7 Å². The van der Waals surface area contributed by atoms with Gasteiger partial charge in [0, 0.05) is 4.83 Å². The Morgan fingerprint density at radius 3 is 2.44 bits per heavy atom. The summed E-state index contributed by atoms with van der Waals surface area (Å²) in [6, 6.07) is 17.2. The van der Waals surface area contributed by atoms with Gasteiger partial charge < -0.3 is 0 Å². The zero-order chi connectivity index (χ0) is 13.0. The molecule has 2 atom stereocenters. The number of hydrogen-bond acceptors (Lipinski definition) is 0. The fraction of sp³-hybridized carbons (Fsp3) is 0.250. The van der Waals surface area contributed by atoms with Crippen LogP contribution in [0.1, 0.15) is 22.9 Å². The molecule has 0 aliphatic rings. The molecule has 0 aliphatic carbocycles. The van der Waals surface area contributed by atoms with Crippen LogP contribution in [0.3, 0.4) is 0 Å². The van der Waals surface area contributed by atoms with Gasteiger partial charge in [-0.25, -0.2) is 4.39 Å². The zero-order valence-electron chi connectivity index (χ0n) is 10.3. The Hall–Kier alpha value is -1.15. The number of hydrogen-bond donors (Lipinski definition) is 0. The van der Waals surface area contributed by atoms with Crippen molar-refractivity contribution in [2.75, 3.05) is 0 Å². The molecular formula is C16H16BrF. The lowest BCUT2D eigenvalue weighted by atomic mass is 9.94. The van der Waals surface area contributed by atoms with Gasteiger partial charge in [0.1, 0.15) is 5.82 Å². The van der Waals surface area contributed by atoms with Crippen molar-refractivity contribution < 1.29 is 4.39 Å². The zero-order valence-corrected chi connectivity index (χ0v) is 11.9. The fourth-order valence-corrected chi connectivity index (χ4v) is 2.60. The van der Waals surface area contributed by atoms with Gasteiger partial charge in [0.15, 0.2) is 0 Å². The lowest BCUT2D eigenvalue weighted by Crippen LogP contribution is -2.07. The Labute approximate surface area is 116 Å². The van der Waals surface area contributed by atoms with Crippen molar-refractivity contribution in [3.8, 4) is 0 Å². The normalized spacial score (nSPS) is 14.2. The molecule has 0 aliphatic heterocycles. The van der Waals surface area contributed by atoms with E-state index in [1.54, 1.807) is 12.1 Å². The molecule has 0 radical (unpaired) electrons. The lowest BCUT2D eigenvalue weighted by Gasteiger charge is -2.18. The molecule has 0 nitrogen and oxygen atoms in total. The first-order valence-corrected chi connectivity index (χ1v) is 7.02. The fourth-order valence-electron chi connectivity index (χ4n) is 2.10. The highest BCUT2D eigenvalue weighted by atomic mass is 79.9. The maximum Gasteiger partial charge on any atom is 0.123 e. The average molecular weight is 307 g/mol. The van der Waals surface area contributed by atoms with Gasteiger partial charge in [-0.1, -0.05) is 65.3 Å². The highest BCUT2D eigenvalue weighted by molar-refractivity contribution is 9.09. The van der Waals surface area contributed by atoms with E-state index in [4.69, 9.17) is 0 Å². The first kappa shape index (κ1) is 13.3. The molecule has 2 rings (SSSR count). The van der Waals surface area contributed by atoms with Gasteiger partial charge in [-0.3, -0.25) is 0 Å². The summed E-state index contributed by atoms with van der Waals surface area (Å²) in [4.78, 5) is 0.293. The van der Waals surface area contributed by atoms with Gasteiger partial charge in [0.05, 0.1) is 0 Å². The van der Waals surface area contributed by atoms with Crippen molar-refractivity contribution in [2.45, 2.75) is 18.2 Å². The third-order valence-electron chi connectivity index (χ3n) is 3.06. The second-order valence-electron chi connectivity index (χ2n) is 4.62. The van der Waals surface area contributed by atoms with Crippen LogP contribution in [0.15, 0.2) is 54.6 Å². The minimum absolute atomic E-state index is 0.162. The first-order chi connectivity index (χ1) is 8.66. The van der Waals surface area contributed by atoms with Gasteiger partial charge >= 0.3 is 0 Å². The molecule has 0 heterocycles. The van der Waals surface area contributed by atoms with Gasteiger partial charge in [-0.2, -0.15) is 0 Å². The van der Waals surface area contributed by atoms with Crippen LogP contribution < -0.4 is 0 Å². The van der Waals surface area contributed by atoms with Crippen molar-refractivity contribution in [2.24, 2.45) is 5.92 Å². The molecule has 2 aromatic carbocycles. The molecule has 0 saturated carbocycles. The van der Waals surface area contributed by atoms with E-state index >= 15 is 0 Å². The topological polar surface area (TPSA) is 0 Å². The second-order valence-corrected chi connectivity index (χ2v) is 5.61. The van der Waals surface area contributed by atoms with Crippen molar-refractivity contribution >= 4 is 15.9 Å². The maximum atomic E-state index is 13.1. The largest absolute Gasteiger partial charge is 0.207 e. The maximum absolute atomic E-state index is 13.1. The number of alkyl halides is 1. The van der Waals surface area contributed by atoms with E-state index < -0.39 is 0 Å². The molecule has 0 N–H and O–H groups in total. The molecule has 0 bridgehead atoms. The van der Waals surface area contributed by atoms with Crippen LogP contribution in [0.2, 0.25) is 0 Å². The monoisotopic (exact) mass is 306 g/mol. The standard InChI is InChI=1S/C16H16BrF/c1-12(10-13-6-5-9-15(18)11-13)16(17)14-7-3-2-4-8-14/h2-9,11-12,16H,10H2,1H3. The summed E-state index contributed by atoms with van der Waals surface area (Å²) in [7, 11) is 0. The van der Waals surface area contributed by atoms with E-state index in [2.05, 4.69) is 35.0 Å². The predicted octanol–water partition coefficient (Wildman–Crippen LogP) is 5.14. The average Bonchev–Trinajstić information content (AvgIpc) is 2.39. The Balaban J connectivity index is 2.06. The van der Waals surface area contributed by atoms with E-state index in [9.17, 15) is 4.39 Å². The summed E-state index contributed by atoms with van der Waals surface area (Å²) in [5.41, 5.74) is 2.31. The van der Waals surface area contributed by atoms with Crippen LogP contribution in [0.4, 0.5) is 4.39 Å². The predicted molar refractivity (Wildman–Crippen MR) is 77.4 cm³/mol. The molecule has 94 valence electrons. The highest BCUT2D eigenvalue weighted by Crippen LogP contribution is 2.32. The van der Waals surface area contributed by atoms with Crippen LogP contribution in [0.5, 0.6) is 0 Å². The van der Waals surface area contributed by atoms with Crippen LogP contribution in [0, 0.1) is 11.7 Å². The van der Waals surface area contributed by atoms with Crippen molar-refractivity contribution in [1.29, 1.82) is 0 Å². The van der Waals surface area contributed by atoms with E-state index in [1.807, 2.05) is 24.3 Å². The first-order valence-electron chi connectivity index (χ1n) is 6.10. The van der Waals surface area contributed by atoms with E-state index in [1.165, 1.54) is 11.6 Å². The Kier molecular flexibility index (Phi) is 4.54. The third-order valence-corrected chi connectivity index (χ3v) is 4.50. The number of halogens is 2. The Morgan fingerprint density at radius 1 is 1.06 bits per heavy atom. The van der Waals surface area contributed by atoms with Crippen LogP contribution in [0.25, 0.3) is 0 Å². The van der Waals surface area contributed by atoms with Crippen LogP contribution in [-0.4, -0.2) is 0 Å². The Bertz CT molecular complexity index is 495. The van der Waals surface area contributed by atoms with Gasteiger partial charge in [0.25, 0.3) is 0 Å². The molecule has 18 heavy (non-hydrogen) atoms. The SMILES string of the molecule is CC(Cc1cccc(F)c1)C(Br)c1ccccc1. The quantitative estimate of drug-likeness (QED) is 0.686. The molecule has 0 aromatic heterocycles. The molecule has 0 saturated heterocycles. The summed E-state index contributed by atoms with van der Waals surface area (Å²) in [6.45, 7) is 2.18. The lowest BCUT2D eigenvalue weighted by molar-refractivity contribution is 0.566. The smallest absolute Gasteiger partial charge is 0.123 e. The van der Waals surface area contributed by atoms with E-state index in [0.717, 1.165) is 12.0 Å². The number of rotatable bonds is 4. The van der Waals surface area contributed by atoms with Gasteiger partial charge in [0.2, 0.25) is 0 Å². The third kappa shape index (κ3) is 3.42. The molecule has 0 amide bonds. The summed E-state index contributed by atoms with van der Waals surface area (Å²) in [5, 5.41) is 0. The summed E-state index contributed by atoms with van der Waals surface area (Å²) < 4.78 is 13.1. The minimum Gasteiger partial charge on any atom is -0.207 e. The summed E-state index contributed by atoms with van der Waals surface area (Å²) in [5.74, 6) is 0.250. The molecule has 2 aromatic rings. The second kappa shape index (κ2) is 6.14. The number of benzene rings is 2. The molecular weight excluding hydrogens is 291 g/mol. The van der Waals surface area contributed by atoms with Crippen LogP contribution in [-0.2, 0) is 6.42 Å².